The summed E-state index contributed by atoms with van der Waals surface area (Å²) >= 11 is 0. The van der Waals surface area contributed by atoms with Gasteiger partial charge in [-0.2, -0.15) is 18.4 Å². The van der Waals surface area contributed by atoms with E-state index in [-0.39, 0.29) is 23.5 Å². The quantitative estimate of drug-likeness (QED) is 0.351. The van der Waals surface area contributed by atoms with E-state index in [2.05, 4.69) is 6.07 Å². The van der Waals surface area contributed by atoms with Crippen molar-refractivity contribution in [3.05, 3.63) is 107 Å². The molecule has 0 radical (unpaired) electrons. The highest BCUT2D eigenvalue weighted by Gasteiger charge is 2.46. The predicted molar refractivity (Wildman–Crippen MR) is 131 cm³/mol. The maximum absolute atomic E-state index is 14.3. The third kappa shape index (κ3) is 4.35. The largest absolute Gasteiger partial charge is 0.416 e. The third-order valence-corrected chi connectivity index (χ3v) is 6.78. The molecular formula is C29H23F4N3O. The molecular weight excluding hydrogens is 482 g/mol. The summed E-state index contributed by atoms with van der Waals surface area (Å²) in [4.78, 5) is 15.3. The number of halogens is 4. The summed E-state index contributed by atoms with van der Waals surface area (Å²) in [5.41, 5.74) is 0.269. The summed E-state index contributed by atoms with van der Waals surface area (Å²) in [6.07, 6.45) is -0.621. The number of allylic oxidation sites excluding steroid dienone is 3. The molecule has 0 saturated carbocycles. The van der Waals surface area contributed by atoms with Gasteiger partial charge in [-0.15, -0.1) is 0 Å². The lowest BCUT2D eigenvalue weighted by Crippen LogP contribution is -2.40. The molecule has 3 aromatic rings. The molecule has 1 unspecified atom stereocenters. The minimum atomic E-state index is -4.58. The van der Waals surface area contributed by atoms with E-state index in [1.807, 2.05) is 13.8 Å². The van der Waals surface area contributed by atoms with E-state index in [1.54, 1.807) is 40.1 Å². The number of hydrogen-bond acceptors (Lipinski definition) is 3. The summed E-state index contributed by atoms with van der Waals surface area (Å²) in [5, 5.41) is 10.4. The zero-order valence-corrected chi connectivity index (χ0v) is 20.2. The van der Waals surface area contributed by atoms with E-state index in [0.29, 0.717) is 29.1 Å². The molecule has 8 heteroatoms. The van der Waals surface area contributed by atoms with Gasteiger partial charge in [-0.3, -0.25) is 9.69 Å². The van der Waals surface area contributed by atoms with Gasteiger partial charge in [0.2, 0.25) is 0 Å². The number of hydrogen-bond donors (Lipinski definition) is 0. The van der Waals surface area contributed by atoms with Gasteiger partial charge in [-0.05, 0) is 59.9 Å². The van der Waals surface area contributed by atoms with Crippen molar-refractivity contribution < 1.29 is 22.4 Å². The molecule has 188 valence electrons. The van der Waals surface area contributed by atoms with Crippen LogP contribution >= 0.6 is 0 Å². The highest BCUT2D eigenvalue weighted by molar-refractivity contribution is 6.03. The van der Waals surface area contributed by atoms with Crippen molar-refractivity contribution in [3.8, 4) is 6.07 Å². The summed E-state index contributed by atoms with van der Waals surface area (Å²) < 4.78 is 57.1. The number of benzene rings is 2. The predicted octanol–water partition coefficient (Wildman–Crippen LogP) is 7.29. The first-order chi connectivity index (χ1) is 17.5. The molecule has 0 fully saturated rings. The van der Waals surface area contributed by atoms with Crippen LogP contribution in [0.5, 0.6) is 0 Å². The number of aromatic nitrogens is 1. The minimum Gasteiger partial charge on any atom is -0.309 e. The van der Waals surface area contributed by atoms with Crippen LogP contribution in [0.15, 0.2) is 89.9 Å². The lowest BCUT2D eigenvalue weighted by atomic mass is 9.68. The summed E-state index contributed by atoms with van der Waals surface area (Å²) in [5.74, 6) is -1.27. The van der Waals surface area contributed by atoms with E-state index >= 15 is 0 Å². The first-order valence-electron chi connectivity index (χ1n) is 11.8. The molecule has 0 spiro atoms. The number of alkyl halides is 3. The minimum absolute atomic E-state index is 0.144. The number of nitriles is 1. The van der Waals surface area contributed by atoms with Crippen LogP contribution in [0.3, 0.4) is 0 Å². The Bertz CT molecular complexity index is 1490. The van der Waals surface area contributed by atoms with E-state index in [0.717, 1.165) is 12.1 Å². The van der Waals surface area contributed by atoms with Gasteiger partial charge in [0.05, 0.1) is 23.1 Å². The normalized spacial score (nSPS) is 19.6. The standard InChI is InChI=1S/C29H23F4N3O/c1-28(2)15-23-26(24(37)16-28)25(18-7-5-9-20(30)13-18)22(17-34)27(35-11-3-4-12-35)36(23)21-10-6-8-19(14-21)29(31,32)33/h3-14,25H,15-16H2,1-2H3. The SMILES string of the molecule is CC1(C)CC(=O)C2=C(C1)N(c1cccc(C(F)(F)F)c1)C(n1cccc1)=C(C#N)C2c1cccc(F)c1. The van der Waals surface area contributed by atoms with Gasteiger partial charge in [-0.1, -0.05) is 32.0 Å². The van der Waals surface area contributed by atoms with Crippen molar-refractivity contribution >= 4 is 17.3 Å². The molecule has 2 heterocycles. The smallest absolute Gasteiger partial charge is 0.309 e. The Kier molecular flexibility index (Phi) is 5.82. The molecule has 2 aromatic carbocycles. The maximum Gasteiger partial charge on any atom is 0.416 e. The second kappa shape index (κ2) is 8.77. The fraction of sp³-hybridized carbons (Fsp3) is 0.241. The van der Waals surface area contributed by atoms with Crippen LogP contribution < -0.4 is 4.90 Å². The van der Waals surface area contributed by atoms with Crippen LogP contribution in [0, 0.1) is 22.6 Å². The number of Topliss-reactive ketones (excluding diaryl/α,β-unsaturated/α-hetero) is 1. The Balaban J connectivity index is 1.87. The number of carbonyl (C=O) groups is 1. The number of ketones is 1. The first kappa shape index (κ1) is 24.6. The van der Waals surface area contributed by atoms with Crippen LogP contribution in [-0.4, -0.2) is 10.4 Å². The molecule has 0 N–H and O–H groups in total. The molecule has 0 amide bonds. The van der Waals surface area contributed by atoms with E-state index in [9.17, 15) is 27.6 Å². The molecule has 5 rings (SSSR count). The average Bonchev–Trinajstić information content (AvgIpc) is 3.36. The van der Waals surface area contributed by atoms with E-state index in [1.165, 1.54) is 30.3 Å². The molecule has 0 bridgehead atoms. The van der Waals surface area contributed by atoms with Crippen LogP contribution in [0.1, 0.15) is 43.7 Å². The average molecular weight is 506 g/mol. The molecule has 37 heavy (non-hydrogen) atoms. The summed E-state index contributed by atoms with van der Waals surface area (Å²) in [6, 6.07) is 16.3. The van der Waals surface area contributed by atoms with Crippen molar-refractivity contribution in [2.45, 2.75) is 38.8 Å². The Labute approximate surface area is 211 Å². The Hall–Kier alpha value is -4.12. The van der Waals surface area contributed by atoms with Gasteiger partial charge < -0.3 is 4.57 Å². The molecule has 1 atom stereocenters. The van der Waals surface area contributed by atoms with Gasteiger partial charge in [0.1, 0.15) is 11.6 Å². The highest BCUT2D eigenvalue weighted by atomic mass is 19.4. The summed E-state index contributed by atoms with van der Waals surface area (Å²) in [6.45, 7) is 3.85. The number of nitrogens with zero attached hydrogens (tertiary/aromatic N) is 3. The van der Waals surface area contributed by atoms with E-state index in [4.69, 9.17) is 0 Å². The van der Waals surface area contributed by atoms with Crippen LogP contribution in [0.25, 0.3) is 5.82 Å². The lowest BCUT2D eigenvalue weighted by molar-refractivity contribution is -0.137. The monoisotopic (exact) mass is 505 g/mol. The first-order valence-corrected chi connectivity index (χ1v) is 11.8. The number of rotatable bonds is 3. The Morgan fingerprint density at radius 3 is 2.35 bits per heavy atom. The zero-order valence-electron chi connectivity index (χ0n) is 20.2. The lowest BCUT2D eigenvalue weighted by Gasteiger charge is -2.45. The second-order valence-corrected chi connectivity index (χ2v) is 10.1. The Morgan fingerprint density at radius 1 is 1.00 bits per heavy atom. The summed E-state index contributed by atoms with van der Waals surface area (Å²) in [7, 11) is 0. The Morgan fingerprint density at radius 2 is 1.70 bits per heavy atom. The highest BCUT2D eigenvalue weighted by Crippen LogP contribution is 2.52. The fourth-order valence-electron chi connectivity index (χ4n) is 5.31. The zero-order chi connectivity index (χ0) is 26.5. The molecule has 1 aliphatic carbocycles. The van der Waals surface area contributed by atoms with Gasteiger partial charge >= 0.3 is 6.18 Å². The van der Waals surface area contributed by atoms with Crippen LogP contribution in [-0.2, 0) is 11.0 Å². The van der Waals surface area contributed by atoms with Crippen molar-refractivity contribution in [1.29, 1.82) is 5.26 Å². The third-order valence-electron chi connectivity index (χ3n) is 6.78. The van der Waals surface area contributed by atoms with Gasteiger partial charge in [0.15, 0.2) is 5.78 Å². The van der Waals surface area contributed by atoms with Crippen LogP contribution in [0.4, 0.5) is 23.2 Å². The van der Waals surface area contributed by atoms with Gasteiger partial charge in [-0.25, -0.2) is 4.39 Å². The van der Waals surface area contributed by atoms with Crippen molar-refractivity contribution in [1.82, 2.24) is 4.57 Å². The van der Waals surface area contributed by atoms with Crippen molar-refractivity contribution in [2.75, 3.05) is 4.90 Å². The molecule has 2 aliphatic rings. The van der Waals surface area contributed by atoms with Crippen molar-refractivity contribution in [2.24, 2.45) is 5.41 Å². The van der Waals surface area contributed by atoms with Gasteiger partial charge in [0.25, 0.3) is 0 Å². The van der Waals surface area contributed by atoms with E-state index < -0.39 is 28.9 Å². The maximum atomic E-state index is 14.3. The van der Waals surface area contributed by atoms with Crippen LogP contribution in [0.2, 0.25) is 0 Å². The topological polar surface area (TPSA) is 49.0 Å². The molecule has 1 aromatic heterocycles. The fourth-order valence-corrected chi connectivity index (χ4v) is 5.31. The number of carbonyl (C=O) groups excluding carboxylic acids is 1. The number of anilines is 1. The molecule has 1 aliphatic heterocycles. The van der Waals surface area contributed by atoms with Gasteiger partial charge in [0, 0.05) is 35.8 Å². The molecule has 4 nitrogen and oxygen atoms in total. The van der Waals surface area contributed by atoms with Crippen molar-refractivity contribution in [3.63, 3.8) is 0 Å². The molecule has 0 saturated heterocycles. The second-order valence-electron chi connectivity index (χ2n) is 10.1.